The first-order valence-electron chi connectivity index (χ1n) is 4.28. The summed E-state index contributed by atoms with van der Waals surface area (Å²) in [6, 6.07) is 0. The van der Waals surface area contributed by atoms with E-state index in [0.717, 1.165) is 16.9 Å². The molecular weight excluding hydrogens is 179 g/mol. The first kappa shape index (κ1) is 6.80. The van der Waals surface area contributed by atoms with Crippen LogP contribution in [0.3, 0.4) is 0 Å². The lowest BCUT2D eigenvalue weighted by molar-refractivity contribution is 0.152. The largest absolute Gasteiger partial charge is 0.122 e. The predicted octanol–water partition coefficient (Wildman–Crippen LogP) is 3.00. The highest BCUT2D eigenvalue weighted by Crippen LogP contribution is 2.61. The lowest BCUT2D eigenvalue weighted by atomic mass is 9.65. The Morgan fingerprint density at radius 3 is 2.82 bits per heavy atom. The highest BCUT2D eigenvalue weighted by atomic mass is 35.5. The van der Waals surface area contributed by atoms with Crippen LogP contribution in [-0.2, 0) is 0 Å². The van der Waals surface area contributed by atoms with Gasteiger partial charge in [0.1, 0.15) is 0 Å². The van der Waals surface area contributed by atoms with Crippen LogP contribution in [0.1, 0.15) is 12.8 Å². The van der Waals surface area contributed by atoms with Gasteiger partial charge in [0.2, 0.25) is 0 Å². The van der Waals surface area contributed by atoms with Gasteiger partial charge in [-0.3, -0.25) is 0 Å². The van der Waals surface area contributed by atoms with Crippen LogP contribution >= 0.6 is 23.2 Å². The molecule has 2 heteroatoms. The van der Waals surface area contributed by atoms with E-state index >= 15 is 0 Å². The van der Waals surface area contributed by atoms with Crippen LogP contribution in [0.25, 0.3) is 0 Å². The average molecular weight is 189 g/mol. The molecule has 0 spiro atoms. The van der Waals surface area contributed by atoms with E-state index in [1.165, 1.54) is 12.8 Å². The molecule has 3 aliphatic carbocycles. The van der Waals surface area contributed by atoms with E-state index in [4.69, 9.17) is 23.2 Å². The van der Waals surface area contributed by atoms with Gasteiger partial charge in [0.15, 0.2) is 0 Å². The smallest absolute Gasteiger partial charge is 0.0433 e. The molecule has 5 atom stereocenters. The molecule has 0 N–H and O–H groups in total. The van der Waals surface area contributed by atoms with E-state index < -0.39 is 0 Å². The van der Waals surface area contributed by atoms with Gasteiger partial charge in [-0.05, 0) is 36.5 Å². The molecule has 5 unspecified atom stereocenters. The van der Waals surface area contributed by atoms with Gasteiger partial charge in [-0.25, -0.2) is 0 Å². The van der Waals surface area contributed by atoms with E-state index in [2.05, 4.69) is 6.08 Å². The molecule has 0 heterocycles. The summed E-state index contributed by atoms with van der Waals surface area (Å²) >= 11 is 12.3. The number of rotatable bonds is 0. The Balaban J connectivity index is 2.03. The van der Waals surface area contributed by atoms with Gasteiger partial charge in [-0.2, -0.15) is 0 Å². The predicted molar refractivity (Wildman–Crippen MR) is 46.8 cm³/mol. The maximum atomic E-state index is 6.20. The summed E-state index contributed by atoms with van der Waals surface area (Å²) in [5.74, 6) is 2.98. The Bertz CT molecular complexity index is 234. The minimum absolute atomic E-state index is 0.404. The minimum atomic E-state index is 0.404. The minimum Gasteiger partial charge on any atom is -0.122 e. The fourth-order valence-electron chi connectivity index (χ4n) is 3.05. The van der Waals surface area contributed by atoms with Gasteiger partial charge in [-0.1, -0.05) is 17.7 Å². The molecule has 0 aliphatic heterocycles. The third-order valence-electron chi connectivity index (χ3n) is 3.68. The molecule has 0 aromatic carbocycles. The molecule has 2 fully saturated rings. The maximum absolute atomic E-state index is 6.20. The van der Waals surface area contributed by atoms with E-state index in [9.17, 15) is 0 Å². The summed E-state index contributed by atoms with van der Waals surface area (Å²) < 4.78 is 0. The van der Waals surface area contributed by atoms with Crippen molar-refractivity contribution >= 4 is 23.2 Å². The number of allylic oxidation sites excluding steroid dienone is 2. The topological polar surface area (TPSA) is 0 Å². The van der Waals surface area contributed by atoms with Gasteiger partial charge in [0.25, 0.3) is 0 Å². The van der Waals surface area contributed by atoms with Crippen LogP contribution in [0.2, 0.25) is 0 Å². The molecule has 60 valence electrons. The zero-order valence-electron chi connectivity index (χ0n) is 6.13. The Labute approximate surface area is 76.6 Å². The van der Waals surface area contributed by atoms with Crippen molar-refractivity contribution in [2.45, 2.75) is 18.2 Å². The summed E-state index contributed by atoms with van der Waals surface area (Å²) in [6.45, 7) is 0. The lowest BCUT2D eigenvalue weighted by Gasteiger charge is -2.44. The standard InChI is InChI=1S/C9H10Cl2/c10-8-3-7-5-1-4(8)2-6(5)9(7)11/h3-7,9H,1-2H2. The second-order valence-electron chi connectivity index (χ2n) is 4.07. The summed E-state index contributed by atoms with van der Waals surface area (Å²) in [7, 11) is 0. The number of halogens is 2. The van der Waals surface area contributed by atoms with Gasteiger partial charge < -0.3 is 0 Å². The van der Waals surface area contributed by atoms with Crippen molar-refractivity contribution in [3.05, 3.63) is 11.1 Å². The van der Waals surface area contributed by atoms with Gasteiger partial charge in [0.05, 0.1) is 0 Å². The molecule has 0 aromatic rings. The van der Waals surface area contributed by atoms with E-state index in [1.807, 2.05) is 0 Å². The summed E-state index contributed by atoms with van der Waals surface area (Å²) in [5, 5.41) is 1.50. The third-order valence-corrected chi connectivity index (χ3v) is 4.73. The third kappa shape index (κ3) is 0.684. The quantitative estimate of drug-likeness (QED) is 0.514. The fraction of sp³-hybridized carbons (Fsp3) is 0.778. The molecule has 0 aromatic heterocycles. The molecule has 0 nitrogen and oxygen atoms in total. The Morgan fingerprint density at radius 1 is 1.27 bits per heavy atom. The molecule has 0 radical (unpaired) electrons. The number of fused-ring (bicyclic) bond motifs is 1. The zero-order chi connectivity index (χ0) is 7.59. The molecule has 0 amide bonds. The van der Waals surface area contributed by atoms with Crippen molar-refractivity contribution in [1.29, 1.82) is 0 Å². The molecule has 3 rings (SSSR count). The molecular formula is C9H10Cl2. The zero-order valence-corrected chi connectivity index (χ0v) is 7.65. The van der Waals surface area contributed by atoms with Crippen LogP contribution in [-0.4, -0.2) is 5.38 Å². The Kier molecular flexibility index (Phi) is 1.22. The monoisotopic (exact) mass is 188 g/mol. The first-order chi connectivity index (χ1) is 5.27. The number of hydrogen-bond acceptors (Lipinski definition) is 0. The second-order valence-corrected chi connectivity index (χ2v) is 5.01. The molecule has 2 saturated carbocycles. The van der Waals surface area contributed by atoms with E-state index in [1.54, 1.807) is 0 Å². The molecule has 2 bridgehead atoms. The van der Waals surface area contributed by atoms with Crippen LogP contribution in [0.5, 0.6) is 0 Å². The SMILES string of the molecule is ClC1=CC2C(Cl)C3CC1CC23. The van der Waals surface area contributed by atoms with Crippen molar-refractivity contribution in [1.82, 2.24) is 0 Å². The average Bonchev–Trinajstić information content (AvgIpc) is 2.29. The number of hydrogen-bond donors (Lipinski definition) is 0. The fourth-order valence-corrected chi connectivity index (χ4v) is 3.92. The lowest BCUT2D eigenvalue weighted by Crippen LogP contribution is -2.43. The summed E-state index contributed by atoms with van der Waals surface area (Å²) in [5.41, 5.74) is 0. The van der Waals surface area contributed by atoms with Crippen molar-refractivity contribution < 1.29 is 0 Å². The van der Waals surface area contributed by atoms with Crippen LogP contribution in [0.4, 0.5) is 0 Å². The molecule has 0 saturated heterocycles. The summed E-state index contributed by atoms with van der Waals surface area (Å²) in [4.78, 5) is 0. The Morgan fingerprint density at radius 2 is 2.00 bits per heavy atom. The molecule has 3 aliphatic rings. The maximum Gasteiger partial charge on any atom is 0.0433 e. The van der Waals surface area contributed by atoms with Crippen molar-refractivity contribution in [3.63, 3.8) is 0 Å². The normalized spacial score (nSPS) is 58.7. The highest BCUT2D eigenvalue weighted by molar-refractivity contribution is 6.30. The van der Waals surface area contributed by atoms with Gasteiger partial charge in [-0.15, -0.1) is 11.6 Å². The van der Waals surface area contributed by atoms with Crippen molar-refractivity contribution in [2.24, 2.45) is 23.7 Å². The number of alkyl halides is 1. The van der Waals surface area contributed by atoms with Crippen LogP contribution in [0.15, 0.2) is 11.1 Å². The van der Waals surface area contributed by atoms with E-state index in [-0.39, 0.29) is 0 Å². The van der Waals surface area contributed by atoms with E-state index in [0.29, 0.717) is 17.2 Å². The summed E-state index contributed by atoms with van der Waals surface area (Å²) in [6.07, 6.45) is 4.78. The highest BCUT2D eigenvalue weighted by Gasteiger charge is 2.56. The molecule has 11 heavy (non-hydrogen) atoms. The second kappa shape index (κ2) is 1.97. The van der Waals surface area contributed by atoms with Crippen LogP contribution in [0, 0.1) is 23.7 Å². The van der Waals surface area contributed by atoms with Gasteiger partial charge in [0, 0.05) is 10.4 Å². The van der Waals surface area contributed by atoms with Crippen LogP contribution < -0.4 is 0 Å². The van der Waals surface area contributed by atoms with Crippen molar-refractivity contribution in [2.75, 3.05) is 0 Å². The van der Waals surface area contributed by atoms with Gasteiger partial charge >= 0.3 is 0 Å². The Hall–Kier alpha value is 0.320. The van der Waals surface area contributed by atoms with Crippen molar-refractivity contribution in [3.8, 4) is 0 Å². The first-order valence-corrected chi connectivity index (χ1v) is 5.10.